The predicted octanol–water partition coefficient (Wildman–Crippen LogP) is 3.75. The number of amides is 1. The van der Waals surface area contributed by atoms with Gasteiger partial charge in [-0.15, -0.1) is 11.8 Å². The summed E-state index contributed by atoms with van der Waals surface area (Å²) in [6.45, 7) is 6.00. The minimum Gasteiger partial charge on any atom is -0.455 e. The van der Waals surface area contributed by atoms with Crippen LogP contribution >= 0.6 is 11.8 Å². The molecule has 7 heteroatoms. The van der Waals surface area contributed by atoms with Gasteiger partial charge in [0.05, 0.1) is 27.7 Å². The van der Waals surface area contributed by atoms with Gasteiger partial charge >= 0.3 is 5.97 Å². The molecule has 0 spiro atoms. The van der Waals surface area contributed by atoms with Crippen molar-refractivity contribution in [2.45, 2.75) is 32.2 Å². The third-order valence-electron chi connectivity index (χ3n) is 4.66. The number of nitrogens with one attached hydrogen (secondary N) is 1. The van der Waals surface area contributed by atoms with Crippen LogP contribution in [0.4, 0.5) is 0 Å². The van der Waals surface area contributed by atoms with Gasteiger partial charge in [-0.1, -0.05) is 42.5 Å². The molecule has 1 amide bonds. The topological polar surface area (TPSA) is 73.2 Å². The van der Waals surface area contributed by atoms with E-state index < -0.39 is 5.97 Å². The van der Waals surface area contributed by atoms with Gasteiger partial charge in [-0.3, -0.25) is 9.59 Å². The first-order valence-electron chi connectivity index (χ1n) is 9.67. The molecule has 0 atom stereocenters. The molecule has 0 saturated heterocycles. The number of nitrogens with zero attached hydrogens (tertiary/aromatic N) is 2. The van der Waals surface area contributed by atoms with Crippen LogP contribution in [0.5, 0.6) is 0 Å². The van der Waals surface area contributed by atoms with Crippen molar-refractivity contribution < 1.29 is 14.3 Å². The first-order valence-corrected chi connectivity index (χ1v) is 10.7. The predicted molar refractivity (Wildman–Crippen MR) is 118 cm³/mol. The van der Waals surface area contributed by atoms with Crippen molar-refractivity contribution in [2.24, 2.45) is 0 Å². The number of benzene rings is 2. The number of para-hydroxylation sites is 1. The van der Waals surface area contributed by atoms with Crippen LogP contribution in [0.1, 0.15) is 22.5 Å². The lowest BCUT2D eigenvalue weighted by Gasteiger charge is -2.09. The van der Waals surface area contributed by atoms with Crippen LogP contribution < -0.4 is 5.32 Å². The monoisotopic (exact) mass is 423 g/mol. The molecule has 3 aromatic rings. The maximum Gasteiger partial charge on any atom is 0.316 e. The molecule has 156 valence electrons. The second-order valence-electron chi connectivity index (χ2n) is 6.90. The first-order chi connectivity index (χ1) is 14.5. The van der Waals surface area contributed by atoms with Crippen LogP contribution in [-0.2, 0) is 20.9 Å². The lowest BCUT2D eigenvalue weighted by Crippen LogP contribution is -2.29. The van der Waals surface area contributed by atoms with Gasteiger partial charge in [0.2, 0.25) is 0 Å². The van der Waals surface area contributed by atoms with E-state index in [-0.39, 0.29) is 18.3 Å². The van der Waals surface area contributed by atoms with Gasteiger partial charge in [0.25, 0.3) is 5.91 Å². The average Bonchev–Trinajstić information content (AvgIpc) is 3.04. The molecular weight excluding hydrogens is 398 g/mol. The Balaban J connectivity index is 1.47. The minimum absolute atomic E-state index is 0.118. The molecule has 0 radical (unpaired) electrons. The molecule has 30 heavy (non-hydrogen) atoms. The number of esters is 1. The van der Waals surface area contributed by atoms with Crippen molar-refractivity contribution in [3.05, 3.63) is 77.1 Å². The van der Waals surface area contributed by atoms with Gasteiger partial charge in [-0.2, -0.15) is 5.10 Å². The molecule has 6 nitrogen and oxygen atoms in total. The molecule has 3 rings (SSSR count). The molecule has 1 N–H and O–H groups in total. The fraction of sp³-hybridized carbons (Fsp3) is 0.261. The Labute approximate surface area is 180 Å². The Morgan fingerprint density at radius 2 is 1.73 bits per heavy atom. The second-order valence-corrected chi connectivity index (χ2v) is 7.89. The van der Waals surface area contributed by atoms with E-state index in [1.807, 2.05) is 80.1 Å². The second kappa shape index (κ2) is 10.1. The summed E-state index contributed by atoms with van der Waals surface area (Å²) in [5, 5.41) is 7.34. The van der Waals surface area contributed by atoms with Gasteiger partial charge in [0, 0.05) is 6.54 Å². The number of hydrogen-bond acceptors (Lipinski definition) is 5. The minimum atomic E-state index is -0.433. The largest absolute Gasteiger partial charge is 0.455 e. The van der Waals surface area contributed by atoms with Gasteiger partial charge < -0.3 is 10.1 Å². The van der Waals surface area contributed by atoms with E-state index in [1.54, 1.807) is 0 Å². The molecule has 0 unspecified atom stereocenters. The summed E-state index contributed by atoms with van der Waals surface area (Å²) in [5.41, 5.74) is 4.93. The van der Waals surface area contributed by atoms with Crippen LogP contribution in [0.3, 0.4) is 0 Å². The quantitative estimate of drug-likeness (QED) is 0.441. The Bertz CT molecular complexity index is 1030. The van der Waals surface area contributed by atoms with Crippen molar-refractivity contribution >= 4 is 23.6 Å². The van der Waals surface area contributed by atoms with Gasteiger partial charge in [-0.05, 0) is 44.0 Å². The Morgan fingerprint density at radius 3 is 2.47 bits per heavy atom. The average molecular weight is 424 g/mol. The fourth-order valence-electron chi connectivity index (χ4n) is 3.03. The van der Waals surface area contributed by atoms with Crippen LogP contribution in [0, 0.1) is 20.8 Å². The van der Waals surface area contributed by atoms with E-state index >= 15 is 0 Å². The summed E-state index contributed by atoms with van der Waals surface area (Å²) < 4.78 is 6.98. The highest BCUT2D eigenvalue weighted by Gasteiger charge is 2.16. The Morgan fingerprint density at radius 1 is 1.03 bits per heavy atom. The summed E-state index contributed by atoms with van der Waals surface area (Å²) >= 11 is 1.37. The summed E-state index contributed by atoms with van der Waals surface area (Å²) in [6, 6.07) is 17.7. The van der Waals surface area contributed by atoms with Crippen LogP contribution in [0.2, 0.25) is 0 Å². The molecule has 2 aromatic carbocycles. The van der Waals surface area contributed by atoms with E-state index in [1.165, 1.54) is 11.8 Å². The van der Waals surface area contributed by atoms with Crippen LogP contribution in [0.15, 0.2) is 59.5 Å². The van der Waals surface area contributed by atoms with Crippen molar-refractivity contribution in [2.75, 3.05) is 12.4 Å². The standard InChI is InChI=1S/C23H25N3O3S/c1-16-9-7-8-10-19(16)13-24-21(27)14-29-22(28)15-30-23-17(2)25-26(18(23)3)20-11-5-4-6-12-20/h4-12H,13-15H2,1-3H3,(H,24,27). The molecule has 0 saturated carbocycles. The number of aromatic nitrogens is 2. The highest BCUT2D eigenvalue weighted by molar-refractivity contribution is 8.00. The Hall–Kier alpha value is -3.06. The van der Waals surface area contributed by atoms with Crippen LogP contribution in [0.25, 0.3) is 5.69 Å². The van der Waals surface area contributed by atoms with E-state index in [0.29, 0.717) is 6.54 Å². The molecule has 0 bridgehead atoms. The molecular formula is C23H25N3O3S. The maximum absolute atomic E-state index is 12.1. The van der Waals surface area contributed by atoms with Crippen molar-refractivity contribution in [1.29, 1.82) is 0 Å². The van der Waals surface area contributed by atoms with E-state index in [2.05, 4.69) is 10.4 Å². The summed E-state index contributed by atoms with van der Waals surface area (Å²) in [7, 11) is 0. The molecule has 0 fully saturated rings. The van der Waals surface area contributed by atoms with Crippen molar-refractivity contribution in [3.63, 3.8) is 0 Å². The number of carbonyl (C=O) groups excluding carboxylic acids is 2. The lowest BCUT2D eigenvalue weighted by atomic mass is 10.1. The van der Waals surface area contributed by atoms with E-state index in [4.69, 9.17) is 4.74 Å². The molecule has 0 aliphatic carbocycles. The maximum atomic E-state index is 12.1. The highest BCUT2D eigenvalue weighted by Crippen LogP contribution is 2.27. The number of aryl methyl sites for hydroxylation is 2. The summed E-state index contributed by atoms with van der Waals surface area (Å²) in [5.74, 6) is -0.633. The molecule has 1 heterocycles. The summed E-state index contributed by atoms with van der Waals surface area (Å²) in [6.07, 6.45) is 0. The molecule has 0 aliphatic heterocycles. The van der Waals surface area contributed by atoms with Crippen molar-refractivity contribution in [3.8, 4) is 5.69 Å². The number of carbonyl (C=O) groups is 2. The zero-order valence-corrected chi connectivity index (χ0v) is 18.2. The van der Waals surface area contributed by atoms with E-state index in [9.17, 15) is 9.59 Å². The molecule has 0 aliphatic rings. The highest BCUT2D eigenvalue weighted by atomic mass is 32.2. The van der Waals surface area contributed by atoms with Gasteiger partial charge in [0.15, 0.2) is 6.61 Å². The van der Waals surface area contributed by atoms with E-state index in [0.717, 1.165) is 33.1 Å². The molecule has 1 aromatic heterocycles. The number of ether oxygens (including phenoxy) is 1. The van der Waals surface area contributed by atoms with Crippen LogP contribution in [-0.4, -0.2) is 34.0 Å². The normalized spacial score (nSPS) is 10.6. The number of rotatable bonds is 8. The fourth-order valence-corrected chi connectivity index (χ4v) is 3.92. The zero-order valence-electron chi connectivity index (χ0n) is 17.3. The summed E-state index contributed by atoms with van der Waals surface area (Å²) in [4.78, 5) is 25.0. The Kier molecular flexibility index (Phi) is 7.30. The third kappa shape index (κ3) is 5.51. The number of hydrogen-bond donors (Lipinski definition) is 1. The SMILES string of the molecule is Cc1ccccc1CNC(=O)COC(=O)CSc1c(C)nn(-c2ccccc2)c1C. The van der Waals surface area contributed by atoms with Gasteiger partial charge in [0.1, 0.15) is 0 Å². The number of thioether (sulfide) groups is 1. The zero-order chi connectivity index (χ0) is 21.5. The first kappa shape index (κ1) is 21.6. The lowest BCUT2D eigenvalue weighted by molar-refractivity contribution is -0.145. The van der Waals surface area contributed by atoms with Gasteiger partial charge in [-0.25, -0.2) is 4.68 Å². The smallest absolute Gasteiger partial charge is 0.316 e. The van der Waals surface area contributed by atoms with Crippen molar-refractivity contribution in [1.82, 2.24) is 15.1 Å². The third-order valence-corrected chi connectivity index (χ3v) is 5.92.